The van der Waals surface area contributed by atoms with Crippen molar-refractivity contribution in [3.05, 3.63) is 30.0 Å². The summed E-state index contributed by atoms with van der Waals surface area (Å²) in [7, 11) is 3.56. The number of nitrogens with one attached hydrogen (secondary N) is 1. The average molecular weight is 384 g/mol. The number of likely N-dealkylation sites (N-methyl/N-ethyl adjacent to an activating group) is 1. The Labute approximate surface area is 165 Å². The highest BCUT2D eigenvalue weighted by molar-refractivity contribution is 5.94. The lowest BCUT2D eigenvalue weighted by Crippen LogP contribution is -2.45. The molecule has 1 aromatic heterocycles. The number of anilines is 1. The van der Waals surface area contributed by atoms with Crippen LogP contribution in [0.3, 0.4) is 0 Å². The highest BCUT2D eigenvalue weighted by Gasteiger charge is 2.40. The third kappa shape index (κ3) is 3.35. The number of benzene rings is 1. The number of carbonyl (C=O) groups excluding carboxylic acids is 2. The molecule has 0 unspecified atom stereocenters. The van der Waals surface area contributed by atoms with Gasteiger partial charge in [0.25, 0.3) is 0 Å². The lowest BCUT2D eigenvalue weighted by Gasteiger charge is -2.32. The number of urea groups is 1. The van der Waals surface area contributed by atoms with Gasteiger partial charge in [0.15, 0.2) is 0 Å². The molecule has 2 bridgehead atoms. The number of nitrogens with zero attached hydrogens (tertiary/aromatic N) is 3. The molecule has 0 radical (unpaired) electrons. The number of amides is 3. The fourth-order valence-electron chi connectivity index (χ4n) is 4.49. The molecule has 3 aliphatic heterocycles. The maximum Gasteiger partial charge on any atom is 0.321 e. The number of aryl methyl sites for hydroxylation is 1. The molecule has 3 aliphatic rings. The van der Waals surface area contributed by atoms with E-state index in [0.29, 0.717) is 19.7 Å². The molecule has 150 valence electrons. The zero-order valence-electron chi connectivity index (χ0n) is 16.8. The Morgan fingerprint density at radius 1 is 1.25 bits per heavy atom. The van der Waals surface area contributed by atoms with Crippen LogP contribution in [0, 0.1) is 12.8 Å². The second kappa shape index (κ2) is 7.47. The number of aromatic nitrogens is 1. The Morgan fingerprint density at radius 3 is 2.86 bits per heavy atom. The van der Waals surface area contributed by atoms with E-state index in [1.54, 1.807) is 12.0 Å². The summed E-state index contributed by atoms with van der Waals surface area (Å²) in [6.07, 6.45) is 1.84. The van der Waals surface area contributed by atoms with Gasteiger partial charge in [0, 0.05) is 62.1 Å². The van der Waals surface area contributed by atoms with E-state index in [2.05, 4.69) is 22.9 Å². The van der Waals surface area contributed by atoms with Gasteiger partial charge in [-0.25, -0.2) is 4.79 Å². The summed E-state index contributed by atoms with van der Waals surface area (Å²) >= 11 is 0. The number of hydrogen-bond acceptors (Lipinski definition) is 3. The van der Waals surface area contributed by atoms with Crippen LogP contribution in [0.15, 0.2) is 24.3 Å². The van der Waals surface area contributed by atoms with Gasteiger partial charge in [-0.1, -0.05) is 0 Å². The molecular formula is C21H28N4O3. The Hall–Kier alpha value is -2.54. The molecule has 1 aromatic carbocycles. The quantitative estimate of drug-likeness (QED) is 0.881. The molecule has 3 amide bonds. The molecule has 28 heavy (non-hydrogen) atoms. The first kappa shape index (κ1) is 18.8. The van der Waals surface area contributed by atoms with Crippen LogP contribution in [0.4, 0.5) is 10.5 Å². The first-order valence-corrected chi connectivity index (χ1v) is 9.89. The topological polar surface area (TPSA) is 66.8 Å². The van der Waals surface area contributed by atoms with E-state index in [0.717, 1.165) is 36.0 Å². The minimum Gasteiger partial charge on any atom is -0.383 e. The summed E-state index contributed by atoms with van der Waals surface area (Å²) in [5, 5.41) is 4.12. The van der Waals surface area contributed by atoms with Crippen molar-refractivity contribution in [1.82, 2.24) is 14.4 Å². The fraction of sp³-hybridized carbons (Fsp3) is 0.524. The monoisotopic (exact) mass is 384 g/mol. The maximum absolute atomic E-state index is 12.9. The van der Waals surface area contributed by atoms with Gasteiger partial charge >= 0.3 is 6.03 Å². The normalized spacial score (nSPS) is 22.0. The molecule has 4 heterocycles. The number of methoxy groups -OCH3 is 1. The summed E-state index contributed by atoms with van der Waals surface area (Å²) in [6, 6.07) is 8.10. The summed E-state index contributed by atoms with van der Waals surface area (Å²) in [4.78, 5) is 28.8. The SMILES string of the molecule is COCCn1c(C)cc2cc(NC(=O)N3C[C@H]4CC[C@@H](C3)N(C)C4=O)ccc21. The van der Waals surface area contributed by atoms with Crippen molar-refractivity contribution in [2.24, 2.45) is 5.92 Å². The van der Waals surface area contributed by atoms with E-state index in [9.17, 15) is 9.59 Å². The lowest BCUT2D eigenvalue weighted by atomic mass is 9.95. The van der Waals surface area contributed by atoms with E-state index in [-0.39, 0.29) is 23.9 Å². The Balaban J connectivity index is 1.50. The molecule has 1 N–H and O–H groups in total. The number of rotatable bonds is 4. The Kier molecular flexibility index (Phi) is 5.02. The zero-order valence-corrected chi connectivity index (χ0v) is 16.8. The lowest BCUT2D eigenvalue weighted by molar-refractivity contribution is -0.138. The predicted octanol–water partition coefficient (Wildman–Crippen LogP) is 2.68. The van der Waals surface area contributed by atoms with Crippen molar-refractivity contribution < 1.29 is 14.3 Å². The van der Waals surface area contributed by atoms with Crippen LogP contribution in [0.25, 0.3) is 10.9 Å². The van der Waals surface area contributed by atoms with Gasteiger partial charge in [0.2, 0.25) is 5.91 Å². The standard InChI is InChI=1S/C21H28N4O3/c1-14-10-16-11-17(5-7-19(16)25(14)8-9-28-3)22-21(27)24-12-15-4-6-18(13-24)23(2)20(15)26/h5,7,10-11,15,18H,4,6,8-9,12-13H2,1-3H3,(H,22,27)/t15-,18+/m1/s1. The number of carbonyl (C=O) groups is 2. The summed E-state index contributed by atoms with van der Waals surface area (Å²) < 4.78 is 7.42. The summed E-state index contributed by atoms with van der Waals surface area (Å²) in [5.41, 5.74) is 3.08. The molecule has 0 spiro atoms. The number of ether oxygens (including phenoxy) is 1. The first-order valence-electron chi connectivity index (χ1n) is 9.89. The molecule has 2 atom stereocenters. The molecule has 0 saturated carbocycles. The van der Waals surface area contributed by atoms with Crippen molar-refractivity contribution in [3.63, 3.8) is 0 Å². The van der Waals surface area contributed by atoms with Crippen LogP contribution in [-0.4, -0.2) is 66.2 Å². The van der Waals surface area contributed by atoms with Crippen molar-refractivity contribution in [1.29, 1.82) is 0 Å². The second-order valence-corrected chi connectivity index (χ2v) is 7.92. The molecule has 3 saturated heterocycles. The van der Waals surface area contributed by atoms with Crippen LogP contribution < -0.4 is 5.32 Å². The van der Waals surface area contributed by atoms with Crippen LogP contribution in [0.1, 0.15) is 18.5 Å². The average Bonchev–Trinajstić information content (AvgIpc) is 2.82. The smallest absolute Gasteiger partial charge is 0.321 e. The number of hydrogen-bond donors (Lipinski definition) is 1. The van der Waals surface area contributed by atoms with Crippen LogP contribution >= 0.6 is 0 Å². The highest BCUT2D eigenvalue weighted by atomic mass is 16.5. The second-order valence-electron chi connectivity index (χ2n) is 7.92. The maximum atomic E-state index is 12.9. The molecule has 5 rings (SSSR count). The van der Waals surface area contributed by atoms with Crippen LogP contribution in [-0.2, 0) is 16.1 Å². The van der Waals surface area contributed by atoms with Crippen molar-refractivity contribution >= 4 is 28.5 Å². The van der Waals surface area contributed by atoms with Crippen molar-refractivity contribution in [3.8, 4) is 0 Å². The van der Waals surface area contributed by atoms with E-state index in [1.165, 1.54) is 5.69 Å². The van der Waals surface area contributed by atoms with Crippen LogP contribution in [0.5, 0.6) is 0 Å². The van der Waals surface area contributed by atoms with Gasteiger partial charge in [-0.2, -0.15) is 0 Å². The van der Waals surface area contributed by atoms with E-state index < -0.39 is 0 Å². The Morgan fingerprint density at radius 2 is 2.07 bits per heavy atom. The predicted molar refractivity (Wildman–Crippen MR) is 108 cm³/mol. The van der Waals surface area contributed by atoms with E-state index >= 15 is 0 Å². The van der Waals surface area contributed by atoms with Gasteiger partial charge < -0.3 is 24.4 Å². The minimum absolute atomic E-state index is 0.0746. The molecule has 3 fully saturated rings. The molecule has 7 nitrogen and oxygen atoms in total. The highest BCUT2D eigenvalue weighted by Crippen LogP contribution is 2.29. The van der Waals surface area contributed by atoms with Crippen LogP contribution in [0.2, 0.25) is 0 Å². The van der Waals surface area contributed by atoms with Gasteiger partial charge in [-0.05, 0) is 44.0 Å². The largest absolute Gasteiger partial charge is 0.383 e. The van der Waals surface area contributed by atoms with Gasteiger partial charge in [-0.15, -0.1) is 0 Å². The number of piperidine rings is 1. The third-order valence-corrected chi connectivity index (χ3v) is 6.13. The van der Waals surface area contributed by atoms with Gasteiger partial charge in [0.1, 0.15) is 0 Å². The molecule has 7 heteroatoms. The summed E-state index contributed by atoms with van der Waals surface area (Å²) in [6.45, 7) is 4.64. The zero-order chi connectivity index (χ0) is 19.8. The van der Waals surface area contributed by atoms with Crippen molar-refractivity contribution in [2.75, 3.05) is 39.2 Å². The van der Waals surface area contributed by atoms with E-state index in [1.807, 2.05) is 30.1 Å². The third-order valence-electron chi connectivity index (χ3n) is 6.13. The fourth-order valence-corrected chi connectivity index (χ4v) is 4.49. The minimum atomic E-state index is -0.130. The molecular weight excluding hydrogens is 356 g/mol. The first-order chi connectivity index (χ1) is 13.5. The van der Waals surface area contributed by atoms with Gasteiger partial charge in [0.05, 0.1) is 12.5 Å². The molecule has 0 aliphatic carbocycles. The van der Waals surface area contributed by atoms with E-state index in [4.69, 9.17) is 4.74 Å². The number of fused-ring (bicyclic) bond motifs is 5. The Bertz CT molecular complexity index is 906. The van der Waals surface area contributed by atoms with Crippen molar-refractivity contribution in [2.45, 2.75) is 32.4 Å². The van der Waals surface area contributed by atoms with Gasteiger partial charge in [-0.3, -0.25) is 4.79 Å². The summed E-state index contributed by atoms with van der Waals surface area (Å²) in [5.74, 6) is 0.0929. The molecule has 2 aromatic rings.